The highest BCUT2D eigenvalue weighted by molar-refractivity contribution is 5.54. The number of aromatic hydroxyl groups is 5. The Kier molecular flexibility index (Phi) is 6.41. The van der Waals surface area contributed by atoms with E-state index < -0.39 is 0 Å². The summed E-state index contributed by atoms with van der Waals surface area (Å²) in [4.78, 5) is 0. The van der Waals surface area contributed by atoms with Gasteiger partial charge in [0.1, 0.15) is 28.7 Å². The van der Waals surface area contributed by atoms with Crippen LogP contribution in [0, 0.1) is 13.8 Å². The quantitative estimate of drug-likeness (QED) is 0.327. The number of aryl methyl sites for hydroxylation is 2. The monoisotopic (exact) mass is 448 g/mol. The van der Waals surface area contributed by atoms with Crippen LogP contribution in [0.4, 0.5) is 0 Å². The summed E-state index contributed by atoms with van der Waals surface area (Å²) < 4.78 is 0. The highest BCUT2D eigenvalue weighted by atomic mass is 16.3. The zero-order valence-corrected chi connectivity index (χ0v) is 19.2. The normalized spacial score (nSPS) is 14.5. The van der Waals surface area contributed by atoms with Crippen LogP contribution in [-0.4, -0.2) is 25.5 Å². The lowest BCUT2D eigenvalue weighted by Crippen LogP contribution is -2.07. The molecular formula is C28H32O5. The fourth-order valence-corrected chi connectivity index (χ4v) is 4.91. The Morgan fingerprint density at radius 2 is 1.03 bits per heavy atom. The van der Waals surface area contributed by atoms with Crippen LogP contribution in [0.3, 0.4) is 0 Å². The first kappa shape index (κ1) is 22.8. The molecule has 0 spiro atoms. The van der Waals surface area contributed by atoms with Crippen LogP contribution in [0.2, 0.25) is 0 Å². The van der Waals surface area contributed by atoms with Crippen molar-refractivity contribution in [2.24, 2.45) is 0 Å². The molecule has 1 saturated carbocycles. The number of hydrogen-bond donors (Lipinski definition) is 5. The smallest absolute Gasteiger partial charge is 0.122 e. The lowest BCUT2D eigenvalue weighted by molar-refractivity contribution is 0.437. The van der Waals surface area contributed by atoms with Crippen LogP contribution in [0.5, 0.6) is 28.7 Å². The first-order valence-corrected chi connectivity index (χ1v) is 11.6. The molecule has 3 aromatic rings. The number of benzene rings is 3. The third kappa shape index (κ3) is 4.87. The average Bonchev–Trinajstić information content (AvgIpc) is 2.78. The maximum atomic E-state index is 11.2. The second-order valence-corrected chi connectivity index (χ2v) is 9.41. The van der Waals surface area contributed by atoms with Crippen molar-refractivity contribution < 1.29 is 25.5 Å². The maximum Gasteiger partial charge on any atom is 0.122 e. The molecule has 0 radical (unpaired) electrons. The third-order valence-electron chi connectivity index (χ3n) is 6.92. The minimum absolute atomic E-state index is 0.00563. The Bertz CT molecular complexity index is 1090. The fourth-order valence-electron chi connectivity index (χ4n) is 4.91. The first-order valence-electron chi connectivity index (χ1n) is 11.6. The van der Waals surface area contributed by atoms with Crippen molar-refractivity contribution in [3.05, 3.63) is 75.3 Å². The SMILES string of the molecule is Cc1cc(Cc2cc(C3CCCCC3)cc(Cc3cc(C)c(O)cc3O)c2O)c(O)cc1O. The van der Waals surface area contributed by atoms with Crippen LogP contribution >= 0.6 is 0 Å². The number of rotatable bonds is 5. The van der Waals surface area contributed by atoms with Crippen molar-refractivity contribution >= 4 is 0 Å². The van der Waals surface area contributed by atoms with Crippen molar-refractivity contribution in [2.45, 2.75) is 64.7 Å². The Hall–Kier alpha value is -3.34. The summed E-state index contributed by atoms with van der Waals surface area (Å²) in [6.07, 6.45) is 6.49. The molecule has 0 amide bonds. The van der Waals surface area contributed by atoms with Gasteiger partial charge >= 0.3 is 0 Å². The van der Waals surface area contributed by atoms with Gasteiger partial charge in [-0.15, -0.1) is 0 Å². The molecule has 33 heavy (non-hydrogen) atoms. The molecule has 174 valence electrons. The fraction of sp³-hybridized carbons (Fsp3) is 0.357. The maximum absolute atomic E-state index is 11.2. The third-order valence-corrected chi connectivity index (χ3v) is 6.92. The highest BCUT2D eigenvalue weighted by Gasteiger charge is 2.21. The van der Waals surface area contributed by atoms with Gasteiger partial charge in [-0.25, -0.2) is 0 Å². The average molecular weight is 449 g/mol. The van der Waals surface area contributed by atoms with Gasteiger partial charge in [-0.3, -0.25) is 0 Å². The summed E-state index contributed by atoms with van der Waals surface area (Å²) in [6, 6.07) is 10.2. The van der Waals surface area contributed by atoms with Crippen molar-refractivity contribution in [2.75, 3.05) is 0 Å². The van der Waals surface area contributed by atoms with Gasteiger partial charge in [0.2, 0.25) is 0 Å². The first-order chi connectivity index (χ1) is 15.7. The summed E-state index contributed by atoms with van der Waals surface area (Å²) in [5.74, 6) is 0.625. The van der Waals surface area contributed by atoms with Crippen molar-refractivity contribution in [3.8, 4) is 28.7 Å². The molecule has 1 fully saturated rings. The summed E-state index contributed by atoms with van der Waals surface area (Å²) in [6.45, 7) is 3.55. The van der Waals surface area contributed by atoms with Crippen LogP contribution in [0.15, 0.2) is 36.4 Å². The van der Waals surface area contributed by atoms with Crippen molar-refractivity contribution in [3.63, 3.8) is 0 Å². The predicted molar refractivity (Wildman–Crippen MR) is 129 cm³/mol. The second kappa shape index (κ2) is 9.26. The molecule has 4 rings (SSSR count). The van der Waals surface area contributed by atoms with Gasteiger partial charge < -0.3 is 25.5 Å². The van der Waals surface area contributed by atoms with Gasteiger partial charge in [-0.2, -0.15) is 0 Å². The molecule has 0 saturated heterocycles. The van der Waals surface area contributed by atoms with Gasteiger partial charge in [0.15, 0.2) is 0 Å². The van der Waals surface area contributed by atoms with E-state index >= 15 is 0 Å². The summed E-state index contributed by atoms with van der Waals surface area (Å²) >= 11 is 0. The van der Waals surface area contributed by atoms with Crippen LogP contribution in [0.1, 0.15) is 77.0 Å². The molecule has 1 aliphatic rings. The van der Waals surface area contributed by atoms with E-state index in [-0.39, 0.29) is 28.7 Å². The standard InChI is InChI=1S/C28H32O5/c1-16-8-20(26(31)14-24(16)29)12-22-10-19(18-6-4-3-5-7-18)11-23(28(22)33)13-21-9-17(2)25(30)15-27(21)32/h8-11,14-15,18,29-33H,3-7,12-13H2,1-2H3. The molecule has 0 unspecified atom stereocenters. The van der Waals surface area contributed by atoms with E-state index in [1.54, 1.807) is 26.0 Å². The number of phenolic OH excluding ortho intramolecular Hbond substituents is 5. The summed E-state index contributed by atoms with van der Waals surface area (Å²) in [5, 5.41) is 51.7. The van der Waals surface area contributed by atoms with E-state index in [0.29, 0.717) is 52.1 Å². The van der Waals surface area contributed by atoms with E-state index in [1.165, 1.54) is 37.0 Å². The molecule has 0 heterocycles. The van der Waals surface area contributed by atoms with Crippen LogP contribution in [-0.2, 0) is 12.8 Å². The van der Waals surface area contributed by atoms with Gasteiger partial charge in [-0.05, 0) is 83.7 Å². The molecule has 0 aromatic heterocycles. The Balaban J connectivity index is 1.77. The molecular weight excluding hydrogens is 416 g/mol. The zero-order valence-electron chi connectivity index (χ0n) is 19.2. The summed E-state index contributed by atoms with van der Waals surface area (Å²) in [7, 11) is 0. The molecule has 5 N–H and O–H groups in total. The number of phenols is 5. The predicted octanol–water partition coefficient (Wildman–Crippen LogP) is 6.06. The minimum atomic E-state index is -0.00563. The largest absolute Gasteiger partial charge is 0.508 e. The van der Waals surface area contributed by atoms with E-state index in [4.69, 9.17) is 0 Å². The summed E-state index contributed by atoms with van der Waals surface area (Å²) in [5.41, 5.74) is 5.19. The van der Waals surface area contributed by atoms with Crippen LogP contribution in [0.25, 0.3) is 0 Å². The van der Waals surface area contributed by atoms with Crippen LogP contribution < -0.4 is 0 Å². The van der Waals surface area contributed by atoms with Gasteiger partial charge in [0, 0.05) is 25.0 Å². The molecule has 0 aliphatic heterocycles. The zero-order chi connectivity index (χ0) is 23.7. The minimum Gasteiger partial charge on any atom is -0.508 e. The number of hydrogen-bond acceptors (Lipinski definition) is 5. The van der Waals surface area contributed by atoms with Gasteiger partial charge in [0.05, 0.1) is 0 Å². The van der Waals surface area contributed by atoms with E-state index in [1.807, 2.05) is 12.1 Å². The highest BCUT2D eigenvalue weighted by Crippen LogP contribution is 2.40. The topological polar surface area (TPSA) is 101 Å². The van der Waals surface area contributed by atoms with Crippen molar-refractivity contribution in [1.29, 1.82) is 0 Å². The van der Waals surface area contributed by atoms with E-state index in [0.717, 1.165) is 12.8 Å². The molecule has 1 aliphatic carbocycles. The Labute approximate surface area is 194 Å². The molecule has 5 nitrogen and oxygen atoms in total. The molecule has 0 atom stereocenters. The second-order valence-electron chi connectivity index (χ2n) is 9.41. The van der Waals surface area contributed by atoms with E-state index in [2.05, 4.69) is 0 Å². The lowest BCUT2D eigenvalue weighted by Gasteiger charge is -2.24. The molecule has 3 aromatic carbocycles. The molecule has 0 bridgehead atoms. The van der Waals surface area contributed by atoms with Gasteiger partial charge in [0.25, 0.3) is 0 Å². The van der Waals surface area contributed by atoms with Gasteiger partial charge in [-0.1, -0.05) is 31.4 Å². The van der Waals surface area contributed by atoms with Crippen molar-refractivity contribution in [1.82, 2.24) is 0 Å². The Morgan fingerprint density at radius 3 is 1.48 bits per heavy atom. The van der Waals surface area contributed by atoms with E-state index in [9.17, 15) is 25.5 Å². The lowest BCUT2D eigenvalue weighted by atomic mass is 9.81. The Morgan fingerprint density at radius 1 is 0.576 bits per heavy atom. The molecule has 5 heteroatoms.